The Labute approximate surface area is 135 Å². The lowest BCUT2D eigenvalue weighted by Crippen LogP contribution is -2.20. The summed E-state index contributed by atoms with van der Waals surface area (Å²) in [6.45, 7) is 4.01. The topological polar surface area (TPSA) is 42.7 Å². The van der Waals surface area contributed by atoms with Gasteiger partial charge in [-0.3, -0.25) is 0 Å². The number of aryl methyl sites for hydroxylation is 2. The molecule has 4 nitrogen and oxygen atoms in total. The molecule has 4 rings (SSSR count). The molecule has 114 valence electrons. The zero-order valence-corrected chi connectivity index (χ0v) is 13.2. The fourth-order valence-corrected chi connectivity index (χ4v) is 2.89. The molecule has 1 aliphatic rings. The predicted molar refractivity (Wildman–Crippen MR) is 92.1 cm³/mol. The molecule has 4 heteroatoms. The molecule has 0 fully saturated rings. The van der Waals surface area contributed by atoms with Gasteiger partial charge in [0.05, 0.1) is 0 Å². The lowest BCUT2D eigenvalue weighted by molar-refractivity contribution is 0.607. The van der Waals surface area contributed by atoms with Gasteiger partial charge in [0.1, 0.15) is 11.9 Å². The van der Waals surface area contributed by atoms with Gasteiger partial charge in [-0.25, -0.2) is 4.68 Å². The van der Waals surface area contributed by atoms with E-state index in [1.165, 1.54) is 11.1 Å². The van der Waals surface area contributed by atoms with Crippen LogP contribution in [-0.4, -0.2) is 14.8 Å². The van der Waals surface area contributed by atoms with Gasteiger partial charge in [-0.05, 0) is 31.1 Å². The largest absolute Gasteiger partial charge is 0.324 e. The van der Waals surface area contributed by atoms with E-state index in [4.69, 9.17) is 0 Å². The second-order valence-corrected chi connectivity index (χ2v) is 5.85. The minimum atomic E-state index is 0.0463. The minimum absolute atomic E-state index is 0.0463. The van der Waals surface area contributed by atoms with Crippen molar-refractivity contribution >= 4 is 11.6 Å². The average Bonchev–Trinajstić information content (AvgIpc) is 2.95. The van der Waals surface area contributed by atoms with Gasteiger partial charge in [0.25, 0.3) is 0 Å². The molecular formula is C19H18N4. The summed E-state index contributed by atoms with van der Waals surface area (Å²) in [5.41, 5.74) is 4.68. The van der Waals surface area contributed by atoms with Crippen molar-refractivity contribution in [2.75, 3.05) is 5.32 Å². The van der Waals surface area contributed by atoms with Crippen LogP contribution in [0.25, 0.3) is 5.70 Å². The molecule has 0 saturated carbocycles. The van der Waals surface area contributed by atoms with E-state index < -0.39 is 0 Å². The maximum absolute atomic E-state index is 4.55. The lowest BCUT2D eigenvalue weighted by atomic mass is 10.0. The number of rotatable bonds is 2. The highest BCUT2D eigenvalue weighted by atomic mass is 15.4. The lowest BCUT2D eigenvalue weighted by Gasteiger charge is -2.24. The quantitative estimate of drug-likeness (QED) is 0.779. The molecule has 1 aromatic heterocycles. The number of nitrogens with zero attached hydrogens (tertiary/aromatic N) is 3. The second kappa shape index (κ2) is 5.39. The first-order valence-electron chi connectivity index (χ1n) is 7.75. The SMILES string of the molecule is Cc1ccc(C2=C[C@H](c3ccccc3)n3nc(C)nc3N2)cc1. The van der Waals surface area contributed by atoms with Crippen LogP contribution in [0.1, 0.15) is 28.6 Å². The summed E-state index contributed by atoms with van der Waals surface area (Å²) >= 11 is 0. The number of hydrogen-bond donors (Lipinski definition) is 1. The van der Waals surface area contributed by atoms with Crippen molar-refractivity contribution in [2.24, 2.45) is 0 Å². The monoisotopic (exact) mass is 302 g/mol. The molecule has 1 N–H and O–H groups in total. The molecule has 3 aromatic rings. The molecule has 0 bridgehead atoms. The van der Waals surface area contributed by atoms with E-state index in [9.17, 15) is 0 Å². The predicted octanol–water partition coefficient (Wildman–Crippen LogP) is 3.95. The summed E-state index contributed by atoms with van der Waals surface area (Å²) in [6, 6.07) is 19.0. The summed E-state index contributed by atoms with van der Waals surface area (Å²) in [5.74, 6) is 1.56. The third-order valence-corrected chi connectivity index (χ3v) is 4.08. The van der Waals surface area contributed by atoms with Crippen molar-refractivity contribution in [1.29, 1.82) is 0 Å². The van der Waals surface area contributed by atoms with Gasteiger partial charge in [0, 0.05) is 5.70 Å². The molecule has 1 atom stereocenters. The first-order valence-corrected chi connectivity index (χ1v) is 7.75. The van der Waals surface area contributed by atoms with Crippen molar-refractivity contribution in [3.63, 3.8) is 0 Å². The van der Waals surface area contributed by atoms with E-state index >= 15 is 0 Å². The summed E-state index contributed by atoms with van der Waals surface area (Å²) in [5, 5.41) is 7.95. The van der Waals surface area contributed by atoms with Gasteiger partial charge in [0.15, 0.2) is 0 Å². The molecule has 2 aromatic carbocycles. The number of nitrogens with one attached hydrogen (secondary N) is 1. The van der Waals surface area contributed by atoms with Crippen molar-refractivity contribution in [1.82, 2.24) is 14.8 Å². The van der Waals surface area contributed by atoms with E-state index in [-0.39, 0.29) is 6.04 Å². The van der Waals surface area contributed by atoms with Gasteiger partial charge < -0.3 is 5.32 Å². The molecule has 0 radical (unpaired) electrons. The van der Waals surface area contributed by atoms with Gasteiger partial charge in [-0.1, -0.05) is 60.2 Å². The Bertz CT molecular complexity index is 860. The average molecular weight is 302 g/mol. The molecule has 23 heavy (non-hydrogen) atoms. The fourth-order valence-electron chi connectivity index (χ4n) is 2.89. The molecule has 0 spiro atoms. The van der Waals surface area contributed by atoms with E-state index in [0.29, 0.717) is 0 Å². The molecule has 0 unspecified atom stereocenters. The van der Waals surface area contributed by atoms with Crippen LogP contribution >= 0.6 is 0 Å². The molecule has 1 aliphatic heterocycles. The maximum atomic E-state index is 4.55. The van der Waals surface area contributed by atoms with Crippen LogP contribution < -0.4 is 5.32 Å². The maximum Gasteiger partial charge on any atom is 0.226 e. The van der Waals surface area contributed by atoms with Crippen LogP contribution in [0, 0.1) is 13.8 Å². The fraction of sp³-hybridized carbons (Fsp3) is 0.158. The highest BCUT2D eigenvalue weighted by Crippen LogP contribution is 2.32. The summed E-state index contributed by atoms with van der Waals surface area (Å²) in [6.07, 6.45) is 2.21. The number of benzene rings is 2. The van der Waals surface area contributed by atoms with E-state index in [1.807, 2.05) is 17.7 Å². The number of aromatic nitrogens is 3. The van der Waals surface area contributed by atoms with Crippen molar-refractivity contribution in [3.8, 4) is 0 Å². The van der Waals surface area contributed by atoms with Crippen LogP contribution in [0.4, 0.5) is 5.95 Å². The molecule has 2 heterocycles. The highest BCUT2D eigenvalue weighted by Gasteiger charge is 2.24. The van der Waals surface area contributed by atoms with Crippen molar-refractivity contribution < 1.29 is 0 Å². The Morgan fingerprint density at radius 3 is 2.43 bits per heavy atom. The normalized spacial score (nSPS) is 16.4. The number of fused-ring (bicyclic) bond motifs is 1. The Balaban J connectivity index is 1.82. The standard InChI is InChI=1S/C19H18N4/c1-13-8-10-15(11-9-13)17-12-18(16-6-4-3-5-7-16)23-19(21-17)20-14(2)22-23/h3-12,18H,1-2H3,(H,20,21,22)/t18-/m1/s1. The highest BCUT2D eigenvalue weighted by molar-refractivity contribution is 5.77. The number of allylic oxidation sites excluding steroid dienone is 1. The van der Waals surface area contributed by atoms with Crippen LogP contribution in [0.2, 0.25) is 0 Å². The van der Waals surface area contributed by atoms with Crippen LogP contribution in [0.15, 0.2) is 60.7 Å². The van der Waals surface area contributed by atoms with Crippen LogP contribution in [-0.2, 0) is 0 Å². The zero-order valence-electron chi connectivity index (χ0n) is 13.2. The van der Waals surface area contributed by atoms with Crippen molar-refractivity contribution in [3.05, 3.63) is 83.2 Å². The Hall–Kier alpha value is -2.88. The minimum Gasteiger partial charge on any atom is -0.324 e. The molecular weight excluding hydrogens is 284 g/mol. The second-order valence-electron chi connectivity index (χ2n) is 5.85. The Kier molecular flexibility index (Phi) is 3.23. The van der Waals surface area contributed by atoms with E-state index in [1.54, 1.807) is 0 Å². The molecule has 0 aliphatic carbocycles. The Morgan fingerprint density at radius 1 is 0.957 bits per heavy atom. The third kappa shape index (κ3) is 2.52. The van der Waals surface area contributed by atoms with E-state index in [2.05, 4.69) is 76.9 Å². The third-order valence-electron chi connectivity index (χ3n) is 4.08. The zero-order chi connectivity index (χ0) is 15.8. The van der Waals surface area contributed by atoms with E-state index in [0.717, 1.165) is 23.0 Å². The molecule has 0 saturated heterocycles. The van der Waals surface area contributed by atoms with Crippen LogP contribution in [0.3, 0.4) is 0 Å². The van der Waals surface area contributed by atoms with Crippen LogP contribution in [0.5, 0.6) is 0 Å². The smallest absolute Gasteiger partial charge is 0.226 e. The summed E-state index contributed by atoms with van der Waals surface area (Å²) in [4.78, 5) is 4.52. The molecule has 0 amide bonds. The van der Waals surface area contributed by atoms with Gasteiger partial charge in [-0.2, -0.15) is 10.1 Å². The first kappa shape index (κ1) is 13.8. The summed E-state index contributed by atoms with van der Waals surface area (Å²) in [7, 11) is 0. The van der Waals surface area contributed by atoms with Gasteiger partial charge in [0.2, 0.25) is 5.95 Å². The van der Waals surface area contributed by atoms with Gasteiger partial charge in [-0.15, -0.1) is 0 Å². The van der Waals surface area contributed by atoms with Gasteiger partial charge >= 0.3 is 0 Å². The van der Waals surface area contributed by atoms with Crippen molar-refractivity contribution in [2.45, 2.75) is 19.9 Å². The summed E-state index contributed by atoms with van der Waals surface area (Å²) < 4.78 is 1.95. The number of anilines is 1. The first-order chi connectivity index (χ1) is 11.2. The Morgan fingerprint density at radius 2 is 1.70 bits per heavy atom. The number of hydrogen-bond acceptors (Lipinski definition) is 3.